The summed E-state index contributed by atoms with van der Waals surface area (Å²) < 4.78 is 12.9. The number of amides is 1. The summed E-state index contributed by atoms with van der Waals surface area (Å²) in [6.07, 6.45) is 1.59. The van der Waals surface area contributed by atoms with E-state index in [1.165, 1.54) is 12.1 Å². The van der Waals surface area contributed by atoms with Gasteiger partial charge in [-0.1, -0.05) is 12.1 Å². The Morgan fingerprint density at radius 2 is 1.70 bits per heavy atom. The van der Waals surface area contributed by atoms with Gasteiger partial charge in [0.25, 0.3) is 5.91 Å². The van der Waals surface area contributed by atoms with Crippen LogP contribution < -0.4 is 15.5 Å². The maximum absolute atomic E-state index is 12.9. The van der Waals surface area contributed by atoms with Crippen molar-refractivity contribution in [2.45, 2.75) is 6.54 Å². The number of rotatable bonds is 6. The highest BCUT2D eigenvalue weighted by molar-refractivity contribution is 5.93. The van der Waals surface area contributed by atoms with Crippen LogP contribution >= 0.6 is 0 Å². The van der Waals surface area contributed by atoms with Crippen LogP contribution in [0, 0.1) is 5.82 Å². The van der Waals surface area contributed by atoms with Crippen molar-refractivity contribution in [3.05, 3.63) is 83.9 Å². The van der Waals surface area contributed by atoms with E-state index in [1.54, 1.807) is 30.5 Å². The molecule has 2 aromatic carbocycles. The van der Waals surface area contributed by atoms with Crippen molar-refractivity contribution in [1.82, 2.24) is 10.3 Å². The Kier molecular flexibility index (Phi) is 5.66. The van der Waals surface area contributed by atoms with Crippen LogP contribution in [-0.2, 0) is 6.54 Å². The molecule has 0 bridgehead atoms. The lowest BCUT2D eigenvalue weighted by atomic mass is 10.2. The first-order valence-electron chi connectivity index (χ1n) is 8.54. The van der Waals surface area contributed by atoms with Gasteiger partial charge in [0, 0.05) is 43.9 Å². The quantitative estimate of drug-likeness (QED) is 0.695. The van der Waals surface area contributed by atoms with Gasteiger partial charge in [-0.2, -0.15) is 0 Å². The second-order valence-corrected chi connectivity index (χ2v) is 6.31. The minimum Gasteiger partial charge on any atom is -0.378 e. The third-order valence-corrected chi connectivity index (χ3v) is 4.03. The molecule has 1 heterocycles. The molecule has 0 saturated carbocycles. The predicted molar refractivity (Wildman–Crippen MR) is 106 cm³/mol. The molecule has 3 rings (SSSR count). The highest BCUT2D eigenvalue weighted by atomic mass is 19.1. The topological polar surface area (TPSA) is 57.3 Å². The Balaban J connectivity index is 1.63. The largest absolute Gasteiger partial charge is 0.378 e. The molecule has 0 aliphatic heterocycles. The number of pyridine rings is 1. The second kappa shape index (κ2) is 8.31. The fourth-order valence-electron chi connectivity index (χ4n) is 2.52. The first-order chi connectivity index (χ1) is 13.0. The Labute approximate surface area is 157 Å². The van der Waals surface area contributed by atoms with Gasteiger partial charge in [-0.3, -0.25) is 9.78 Å². The molecule has 0 fully saturated rings. The van der Waals surface area contributed by atoms with Gasteiger partial charge >= 0.3 is 0 Å². The van der Waals surface area contributed by atoms with E-state index in [0.717, 1.165) is 22.6 Å². The fourth-order valence-corrected chi connectivity index (χ4v) is 2.52. The molecule has 1 aromatic heterocycles. The van der Waals surface area contributed by atoms with Crippen LogP contribution in [-0.4, -0.2) is 25.0 Å². The van der Waals surface area contributed by atoms with Crippen molar-refractivity contribution in [3.63, 3.8) is 0 Å². The highest BCUT2D eigenvalue weighted by Crippen LogP contribution is 2.20. The number of hydrogen-bond donors (Lipinski definition) is 2. The van der Waals surface area contributed by atoms with Crippen LogP contribution in [0.2, 0.25) is 0 Å². The number of aromatic nitrogens is 1. The summed E-state index contributed by atoms with van der Waals surface area (Å²) in [4.78, 5) is 18.5. The van der Waals surface area contributed by atoms with Crippen molar-refractivity contribution < 1.29 is 9.18 Å². The monoisotopic (exact) mass is 364 g/mol. The molecule has 0 aliphatic rings. The Morgan fingerprint density at radius 1 is 1.00 bits per heavy atom. The van der Waals surface area contributed by atoms with E-state index in [1.807, 2.05) is 43.3 Å². The summed E-state index contributed by atoms with van der Waals surface area (Å²) in [7, 11) is 3.98. The third-order valence-electron chi connectivity index (χ3n) is 4.03. The maximum Gasteiger partial charge on any atom is 0.270 e. The molecule has 0 spiro atoms. The molecular weight excluding hydrogens is 343 g/mol. The summed E-state index contributed by atoms with van der Waals surface area (Å²) >= 11 is 0. The Hall–Kier alpha value is -3.41. The van der Waals surface area contributed by atoms with E-state index >= 15 is 0 Å². The molecule has 6 heteroatoms. The lowest BCUT2D eigenvalue weighted by molar-refractivity contribution is 0.0946. The van der Waals surface area contributed by atoms with E-state index in [9.17, 15) is 9.18 Å². The van der Waals surface area contributed by atoms with Gasteiger partial charge in [-0.15, -0.1) is 0 Å². The van der Waals surface area contributed by atoms with Gasteiger partial charge in [-0.05, 0) is 54.1 Å². The Bertz CT molecular complexity index is 908. The molecule has 0 unspecified atom stereocenters. The molecule has 27 heavy (non-hydrogen) atoms. The molecule has 0 radical (unpaired) electrons. The maximum atomic E-state index is 12.9. The van der Waals surface area contributed by atoms with Crippen molar-refractivity contribution >= 4 is 23.0 Å². The molecule has 0 atom stereocenters. The number of nitrogens with one attached hydrogen (secondary N) is 2. The zero-order valence-electron chi connectivity index (χ0n) is 15.2. The zero-order valence-corrected chi connectivity index (χ0v) is 15.2. The van der Waals surface area contributed by atoms with Gasteiger partial charge < -0.3 is 15.5 Å². The van der Waals surface area contributed by atoms with Crippen LogP contribution in [0.4, 0.5) is 21.5 Å². The normalized spacial score (nSPS) is 10.3. The number of hydrogen-bond acceptors (Lipinski definition) is 4. The van der Waals surface area contributed by atoms with Crippen LogP contribution in [0.3, 0.4) is 0 Å². The number of halogens is 1. The minimum absolute atomic E-state index is 0.286. The average molecular weight is 364 g/mol. The third kappa shape index (κ3) is 5.04. The summed E-state index contributed by atoms with van der Waals surface area (Å²) in [5.74, 6) is -0.588. The molecule has 0 saturated heterocycles. The van der Waals surface area contributed by atoms with Gasteiger partial charge in [0.15, 0.2) is 0 Å². The first kappa shape index (κ1) is 18.4. The van der Waals surface area contributed by atoms with E-state index in [-0.39, 0.29) is 11.7 Å². The standard InChI is InChI=1S/C21H21FN4O/c1-26(2)19-9-7-17(8-10-19)25-18-11-12-23-20(13-18)21(27)24-14-15-3-5-16(22)6-4-15/h3-13H,14H2,1-2H3,(H,23,25)(H,24,27). The predicted octanol–water partition coefficient (Wildman–Crippen LogP) is 3.96. The van der Waals surface area contributed by atoms with Crippen molar-refractivity contribution in [2.75, 3.05) is 24.3 Å². The minimum atomic E-state index is -0.302. The smallest absolute Gasteiger partial charge is 0.270 e. The van der Waals surface area contributed by atoms with Crippen LogP contribution in [0.15, 0.2) is 66.9 Å². The number of benzene rings is 2. The van der Waals surface area contributed by atoms with E-state index < -0.39 is 0 Å². The lowest BCUT2D eigenvalue weighted by Crippen LogP contribution is -2.23. The summed E-state index contributed by atoms with van der Waals surface area (Å²) in [5.41, 5.74) is 3.93. The summed E-state index contributed by atoms with van der Waals surface area (Å²) in [6, 6.07) is 17.5. The Morgan fingerprint density at radius 3 is 2.37 bits per heavy atom. The fraction of sp³-hybridized carbons (Fsp3) is 0.143. The van der Waals surface area contributed by atoms with Gasteiger partial charge in [-0.25, -0.2) is 4.39 Å². The zero-order chi connectivity index (χ0) is 19.2. The summed E-state index contributed by atoms with van der Waals surface area (Å²) in [6.45, 7) is 0.310. The molecule has 5 nitrogen and oxygen atoms in total. The lowest BCUT2D eigenvalue weighted by Gasteiger charge is -2.13. The molecule has 3 aromatic rings. The molecule has 2 N–H and O–H groups in total. The number of carbonyl (C=O) groups is 1. The van der Waals surface area contributed by atoms with Gasteiger partial charge in [0.2, 0.25) is 0 Å². The number of anilines is 3. The SMILES string of the molecule is CN(C)c1ccc(Nc2ccnc(C(=O)NCc3ccc(F)cc3)c2)cc1. The average Bonchev–Trinajstić information content (AvgIpc) is 2.68. The van der Waals surface area contributed by atoms with E-state index in [2.05, 4.69) is 15.6 Å². The number of carbonyl (C=O) groups excluding carboxylic acids is 1. The highest BCUT2D eigenvalue weighted by Gasteiger charge is 2.08. The van der Waals surface area contributed by atoms with Gasteiger partial charge in [0.1, 0.15) is 11.5 Å². The van der Waals surface area contributed by atoms with Crippen LogP contribution in [0.25, 0.3) is 0 Å². The second-order valence-electron chi connectivity index (χ2n) is 6.31. The molecular formula is C21H21FN4O. The van der Waals surface area contributed by atoms with Crippen LogP contribution in [0.5, 0.6) is 0 Å². The van der Waals surface area contributed by atoms with Crippen LogP contribution in [0.1, 0.15) is 16.1 Å². The van der Waals surface area contributed by atoms with Crippen molar-refractivity contribution in [2.24, 2.45) is 0 Å². The van der Waals surface area contributed by atoms with Crippen molar-refractivity contribution in [3.8, 4) is 0 Å². The van der Waals surface area contributed by atoms with Crippen molar-refractivity contribution in [1.29, 1.82) is 0 Å². The van der Waals surface area contributed by atoms with E-state index in [0.29, 0.717) is 12.2 Å². The summed E-state index contributed by atoms with van der Waals surface area (Å²) in [5, 5.41) is 6.05. The van der Waals surface area contributed by atoms with Gasteiger partial charge in [0.05, 0.1) is 0 Å². The first-order valence-corrected chi connectivity index (χ1v) is 8.54. The molecule has 1 amide bonds. The molecule has 138 valence electrons. The molecule has 0 aliphatic carbocycles. The number of nitrogens with zero attached hydrogens (tertiary/aromatic N) is 2. The van der Waals surface area contributed by atoms with E-state index in [4.69, 9.17) is 0 Å².